The molecule has 1 aromatic carbocycles. The fourth-order valence-electron chi connectivity index (χ4n) is 3.06. The summed E-state index contributed by atoms with van der Waals surface area (Å²) in [6.07, 6.45) is 2.98. The van der Waals surface area contributed by atoms with Crippen LogP contribution in [0, 0.1) is 0 Å². The first-order valence-corrected chi connectivity index (χ1v) is 7.41. The molecule has 4 nitrogen and oxygen atoms in total. The molecule has 1 atom stereocenters. The quantitative estimate of drug-likeness (QED) is 0.938. The number of rotatable bonds is 4. The van der Waals surface area contributed by atoms with Gasteiger partial charge in [0.25, 0.3) is 5.91 Å². The van der Waals surface area contributed by atoms with Crippen LogP contribution < -0.4 is 5.32 Å². The van der Waals surface area contributed by atoms with Gasteiger partial charge in [-0.2, -0.15) is 0 Å². The molecule has 0 saturated carbocycles. The van der Waals surface area contributed by atoms with E-state index in [4.69, 9.17) is 9.72 Å². The molecule has 0 bridgehead atoms. The molecular formula is C17H20N2O2. The Bertz CT molecular complexity index is 682. The number of hydrogen-bond donors (Lipinski definition) is 1. The third-order valence-corrected chi connectivity index (χ3v) is 3.94. The number of nitrogens with one attached hydrogen (secondary N) is 1. The van der Waals surface area contributed by atoms with E-state index >= 15 is 0 Å². The van der Waals surface area contributed by atoms with Crippen molar-refractivity contribution in [2.45, 2.75) is 32.2 Å². The van der Waals surface area contributed by atoms with Gasteiger partial charge >= 0.3 is 0 Å². The third kappa shape index (κ3) is 2.63. The number of benzene rings is 1. The Kier molecular flexibility index (Phi) is 3.88. The van der Waals surface area contributed by atoms with Crippen molar-refractivity contribution >= 4 is 16.8 Å². The lowest BCUT2D eigenvalue weighted by Crippen LogP contribution is -2.36. The Hall–Kier alpha value is -1.94. The monoisotopic (exact) mass is 284 g/mol. The number of aromatic nitrogens is 1. The Morgan fingerprint density at radius 1 is 1.38 bits per heavy atom. The molecule has 1 heterocycles. The molecule has 110 valence electrons. The highest BCUT2D eigenvalue weighted by Gasteiger charge is 2.24. The smallest absolute Gasteiger partial charge is 0.252 e. The number of carbonyl (C=O) groups is 1. The standard InChI is InChI=1S/C17H20N2O2/c1-11(10-21-2)18-17(20)16-12-6-3-4-8-14(12)19-15-9-5-7-13(15)16/h3-4,6,8,11H,5,7,9-10H2,1-2H3,(H,18,20). The van der Waals surface area contributed by atoms with Crippen LogP contribution in [0.2, 0.25) is 0 Å². The van der Waals surface area contributed by atoms with Gasteiger partial charge in [0.15, 0.2) is 0 Å². The second-order valence-corrected chi connectivity index (χ2v) is 5.61. The summed E-state index contributed by atoms with van der Waals surface area (Å²) in [5.41, 5.74) is 3.91. The number of carbonyl (C=O) groups excluding carboxylic acids is 1. The minimum Gasteiger partial charge on any atom is -0.383 e. The van der Waals surface area contributed by atoms with Gasteiger partial charge in [0.05, 0.1) is 17.7 Å². The molecule has 1 aromatic heterocycles. The Morgan fingerprint density at radius 3 is 3.00 bits per heavy atom. The highest BCUT2D eigenvalue weighted by atomic mass is 16.5. The predicted octanol–water partition coefficient (Wildman–Crippen LogP) is 2.49. The molecule has 0 saturated heterocycles. The van der Waals surface area contributed by atoms with Crippen LogP contribution in [0.15, 0.2) is 24.3 Å². The van der Waals surface area contributed by atoms with Crippen LogP contribution in [0.1, 0.15) is 35.0 Å². The number of fused-ring (bicyclic) bond motifs is 2. The van der Waals surface area contributed by atoms with Gasteiger partial charge in [0.2, 0.25) is 0 Å². The zero-order valence-electron chi connectivity index (χ0n) is 12.5. The molecule has 3 rings (SSSR count). The van der Waals surface area contributed by atoms with Gasteiger partial charge in [-0.3, -0.25) is 9.78 Å². The number of ether oxygens (including phenoxy) is 1. The first kappa shape index (κ1) is 14.0. The average Bonchev–Trinajstić information content (AvgIpc) is 2.92. The van der Waals surface area contributed by atoms with E-state index in [0.29, 0.717) is 6.61 Å². The minimum atomic E-state index is -0.0173. The molecule has 1 N–H and O–H groups in total. The lowest BCUT2D eigenvalue weighted by Gasteiger charge is -2.16. The van der Waals surface area contributed by atoms with Crippen molar-refractivity contribution in [1.82, 2.24) is 10.3 Å². The van der Waals surface area contributed by atoms with Crippen LogP contribution in [0.25, 0.3) is 10.9 Å². The normalized spacial score (nSPS) is 15.0. The fraction of sp³-hybridized carbons (Fsp3) is 0.412. The minimum absolute atomic E-state index is 0.00789. The highest BCUT2D eigenvalue weighted by molar-refractivity contribution is 6.07. The van der Waals surface area contributed by atoms with Gasteiger partial charge in [-0.05, 0) is 37.8 Å². The van der Waals surface area contributed by atoms with E-state index in [1.54, 1.807) is 7.11 Å². The number of amides is 1. The van der Waals surface area contributed by atoms with Gasteiger partial charge < -0.3 is 10.1 Å². The number of aryl methyl sites for hydroxylation is 1. The average molecular weight is 284 g/mol. The van der Waals surface area contributed by atoms with Crippen LogP contribution in [-0.2, 0) is 17.6 Å². The van der Waals surface area contributed by atoms with E-state index in [1.165, 1.54) is 0 Å². The number of pyridine rings is 1. The van der Waals surface area contributed by atoms with Crippen molar-refractivity contribution in [3.8, 4) is 0 Å². The van der Waals surface area contributed by atoms with Crippen LogP contribution in [0.5, 0.6) is 0 Å². The maximum Gasteiger partial charge on any atom is 0.252 e. The summed E-state index contributed by atoms with van der Waals surface area (Å²) in [6, 6.07) is 7.87. The molecule has 0 fully saturated rings. The van der Waals surface area contributed by atoms with Crippen LogP contribution >= 0.6 is 0 Å². The van der Waals surface area contributed by atoms with Crippen molar-refractivity contribution in [2.24, 2.45) is 0 Å². The van der Waals surface area contributed by atoms with Gasteiger partial charge in [-0.15, -0.1) is 0 Å². The SMILES string of the molecule is COCC(C)NC(=O)c1c2c(nc3ccccc13)CCC2. The van der Waals surface area contributed by atoms with Crippen LogP contribution in [0.4, 0.5) is 0 Å². The number of nitrogens with zero attached hydrogens (tertiary/aromatic N) is 1. The Labute approximate surface area is 124 Å². The number of hydrogen-bond acceptors (Lipinski definition) is 3. The molecule has 21 heavy (non-hydrogen) atoms. The van der Waals surface area contributed by atoms with E-state index in [1.807, 2.05) is 31.2 Å². The maximum absolute atomic E-state index is 12.7. The number of para-hydroxylation sites is 1. The summed E-state index contributed by atoms with van der Waals surface area (Å²) in [4.78, 5) is 17.4. The van der Waals surface area contributed by atoms with E-state index in [9.17, 15) is 4.79 Å². The summed E-state index contributed by atoms with van der Waals surface area (Å²) in [6.45, 7) is 2.46. The molecule has 1 aliphatic rings. The van der Waals surface area contributed by atoms with Crippen molar-refractivity contribution in [2.75, 3.05) is 13.7 Å². The third-order valence-electron chi connectivity index (χ3n) is 3.94. The molecule has 1 aliphatic carbocycles. The first-order valence-electron chi connectivity index (χ1n) is 7.41. The van der Waals surface area contributed by atoms with Gasteiger partial charge in [-0.25, -0.2) is 0 Å². The van der Waals surface area contributed by atoms with E-state index < -0.39 is 0 Å². The first-order chi connectivity index (χ1) is 10.2. The topological polar surface area (TPSA) is 51.2 Å². The largest absolute Gasteiger partial charge is 0.383 e. The predicted molar refractivity (Wildman–Crippen MR) is 82.6 cm³/mol. The van der Waals surface area contributed by atoms with Crippen LogP contribution in [-0.4, -0.2) is 30.6 Å². The molecule has 0 aliphatic heterocycles. The summed E-state index contributed by atoms with van der Waals surface area (Å²) < 4.78 is 5.09. The summed E-state index contributed by atoms with van der Waals surface area (Å²) in [5, 5.41) is 3.97. The Morgan fingerprint density at radius 2 is 2.19 bits per heavy atom. The molecule has 2 aromatic rings. The molecule has 0 radical (unpaired) electrons. The van der Waals surface area contributed by atoms with Crippen molar-refractivity contribution in [3.05, 3.63) is 41.1 Å². The lowest BCUT2D eigenvalue weighted by molar-refractivity contribution is 0.0906. The summed E-state index contributed by atoms with van der Waals surface area (Å²) >= 11 is 0. The van der Waals surface area contributed by atoms with E-state index in [-0.39, 0.29) is 11.9 Å². The van der Waals surface area contributed by atoms with Gasteiger partial charge in [0.1, 0.15) is 0 Å². The van der Waals surface area contributed by atoms with E-state index in [0.717, 1.165) is 47.0 Å². The summed E-state index contributed by atoms with van der Waals surface area (Å²) in [7, 11) is 1.64. The van der Waals surface area contributed by atoms with Gasteiger partial charge in [-0.1, -0.05) is 18.2 Å². The fourth-order valence-corrected chi connectivity index (χ4v) is 3.06. The maximum atomic E-state index is 12.7. The molecule has 4 heteroatoms. The molecule has 0 spiro atoms. The highest BCUT2D eigenvalue weighted by Crippen LogP contribution is 2.29. The zero-order chi connectivity index (χ0) is 14.8. The molecule has 1 amide bonds. The summed E-state index contributed by atoms with van der Waals surface area (Å²) in [5.74, 6) is -0.0173. The second-order valence-electron chi connectivity index (χ2n) is 5.61. The van der Waals surface area contributed by atoms with Crippen molar-refractivity contribution in [1.29, 1.82) is 0 Å². The van der Waals surface area contributed by atoms with Crippen molar-refractivity contribution < 1.29 is 9.53 Å². The van der Waals surface area contributed by atoms with Crippen molar-refractivity contribution in [3.63, 3.8) is 0 Å². The molecular weight excluding hydrogens is 264 g/mol. The lowest BCUT2D eigenvalue weighted by atomic mass is 10.0. The second kappa shape index (κ2) is 5.82. The van der Waals surface area contributed by atoms with Gasteiger partial charge in [0, 0.05) is 24.2 Å². The van der Waals surface area contributed by atoms with E-state index in [2.05, 4.69) is 5.32 Å². The number of methoxy groups -OCH3 is 1. The zero-order valence-corrected chi connectivity index (χ0v) is 12.5. The van der Waals surface area contributed by atoms with Crippen LogP contribution in [0.3, 0.4) is 0 Å². The Balaban J connectivity index is 2.06. The molecule has 1 unspecified atom stereocenters.